The second-order valence-electron chi connectivity index (χ2n) is 9.10. The van der Waals surface area contributed by atoms with E-state index < -0.39 is 0 Å². The molecule has 5 nitrogen and oxygen atoms in total. The number of aryl methyl sites for hydroxylation is 1. The highest BCUT2D eigenvalue weighted by Crippen LogP contribution is 2.42. The Hall–Kier alpha value is -2.46. The van der Waals surface area contributed by atoms with Crippen LogP contribution in [-0.2, 0) is 15.9 Å². The zero-order chi connectivity index (χ0) is 25.0. The zero-order valence-corrected chi connectivity index (χ0v) is 21.7. The SMILES string of the molecule is CCCCCC(OC)c1ccc(C2=C(C#N)CC[C@@H]2CCCc2ccc(C(=O)OCCO)s2)cc1. The topological polar surface area (TPSA) is 79.5 Å². The minimum atomic E-state index is -0.375. The predicted molar refractivity (Wildman–Crippen MR) is 140 cm³/mol. The lowest BCUT2D eigenvalue weighted by Gasteiger charge is -2.18. The van der Waals surface area contributed by atoms with Crippen molar-refractivity contribution in [1.29, 1.82) is 5.26 Å². The molecule has 0 fully saturated rings. The quantitative estimate of drug-likeness (QED) is 0.228. The minimum absolute atomic E-state index is 0.0239. The lowest BCUT2D eigenvalue weighted by Crippen LogP contribution is -2.06. The lowest BCUT2D eigenvalue weighted by atomic mass is 9.88. The Balaban J connectivity index is 1.61. The molecule has 3 rings (SSSR count). The van der Waals surface area contributed by atoms with Crippen LogP contribution in [0.5, 0.6) is 0 Å². The molecule has 1 aromatic heterocycles. The molecule has 2 atom stereocenters. The van der Waals surface area contributed by atoms with E-state index in [1.807, 2.05) is 6.07 Å². The van der Waals surface area contributed by atoms with Crippen molar-refractivity contribution in [1.82, 2.24) is 0 Å². The summed E-state index contributed by atoms with van der Waals surface area (Å²) in [6.07, 6.45) is 9.51. The third-order valence-electron chi connectivity index (χ3n) is 6.72. The molecular weight excluding hydrogens is 458 g/mol. The monoisotopic (exact) mass is 495 g/mol. The molecule has 0 radical (unpaired) electrons. The van der Waals surface area contributed by atoms with E-state index >= 15 is 0 Å². The van der Waals surface area contributed by atoms with E-state index in [4.69, 9.17) is 14.6 Å². The van der Waals surface area contributed by atoms with Gasteiger partial charge in [0.1, 0.15) is 11.5 Å². The maximum absolute atomic E-state index is 12.0. The molecule has 0 aliphatic heterocycles. The maximum atomic E-state index is 12.0. The molecule has 2 aromatic rings. The molecule has 1 aliphatic rings. The Bertz CT molecular complexity index is 1020. The van der Waals surface area contributed by atoms with Crippen LogP contribution in [0.15, 0.2) is 42.0 Å². The van der Waals surface area contributed by atoms with E-state index in [1.54, 1.807) is 13.2 Å². The highest BCUT2D eigenvalue weighted by atomic mass is 32.1. The highest BCUT2D eigenvalue weighted by molar-refractivity contribution is 7.13. The number of thiophene rings is 1. The van der Waals surface area contributed by atoms with Gasteiger partial charge in [0.2, 0.25) is 0 Å². The first kappa shape index (κ1) is 27.1. The van der Waals surface area contributed by atoms with Crippen LogP contribution in [-0.4, -0.2) is 31.4 Å². The molecule has 1 heterocycles. The van der Waals surface area contributed by atoms with Crippen molar-refractivity contribution < 1.29 is 19.4 Å². The molecule has 0 saturated heterocycles. The first-order valence-electron chi connectivity index (χ1n) is 12.7. The van der Waals surface area contributed by atoms with Crippen molar-refractivity contribution in [3.8, 4) is 6.07 Å². The van der Waals surface area contributed by atoms with Gasteiger partial charge >= 0.3 is 5.97 Å². The Kier molecular flexibility index (Phi) is 11.0. The molecule has 1 aromatic carbocycles. The van der Waals surface area contributed by atoms with Crippen LogP contribution >= 0.6 is 11.3 Å². The number of methoxy groups -OCH3 is 1. The van der Waals surface area contributed by atoms with Gasteiger partial charge in [-0.25, -0.2) is 4.79 Å². The fraction of sp³-hybridized carbons (Fsp3) is 0.517. The summed E-state index contributed by atoms with van der Waals surface area (Å²) in [7, 11) is 1.78. The summed E-state index contributed by atoms with van der Waals surface area (Å²) in [6.45, 7) is 2.07. The Morgan fingerprint density at radius 2 is 2.00 bits per heavy atom. The second-order valence-corrected chi connectivity index (χ2v) is 10.3. The van der Waals surface area contributed by atoms with Crippen molar-refractivity contribution in [2.75, 3.05) is 20.3 Å². The Labute approximate surface area is 213 Å². The number of carbonyl (C=O) groups excluding carboxylic acids is 1. The summed E-state index contributed by atoms with van der Waals surface area (Å²) < 4.78 is 10.7. The molecule has 1 aliphatic carbocycles. The summed E-state index contributed by atoms with van der Waals surface area (Å²) in [6, 6.07) is 14.9. The smallest absolute Gasteiger partial charge is 0.348 e. The number of unbranched alkanes of at least 4 members (excludes halogenated alkanes) is 2. The molecule has 1 N–H and O–H groups in total. The largest absolute Gasteiger partial charge is 0.459 e. The van der Waals surface area contributed by atoms with Gasteiger partial charge in [0.25, 0.3) is 0 Å². The summed E-state index contributed by atoms with van der Waals surface area (Å²) in [5.74, 6) is 0.00623. The van der Waals surface area contributed by atoms with Gasteiger partial charge in [0.15, 0.2) is 0 Å². The number of aliphatic hydroxyl groups excluding tert-OH is 1. The van der Waals surface area contributed by atoms with Crippen molar-refractivity contribution in [3.05, 3.63) is 62.9 Å². The molecular formula is C29H37NO4S. The predicted octanol–water partition coefficient (Wildman–Crippen LogP) is 6.88. The number of allylic oxidation sites excluding steroid dienone is 2. The van der Waals surface area contributed by atoms with Gasteiger partial charge in [-0.2, -0.15) is 5.26 Å². The molecule has 1 unspecified atom stereocenters. The highest BCUT2D eigenvalue weighted by Gasteiger charge is 2.26. The number of hydrogen-bond donors (Lipinski definition) is 1. The van der Waals surface area contributed by atoms with Crippen molar-refractivity contribution in [3.63, 3.8) is 0 Å². The number of rotatable bonds is 14. The number of esters is 1. The van der Waals surface area contributed by atoms with E-state index in [-0.39, 0.29) is 25.3 Å². The fourth-order valence-electron chi connectivity index (χ4n) is 4.89. The average Bonchev–Trinajstić information content (AvgIpc) is 3.53. The molecule has 0 amide bonds. The van der Waals surface area contributed by atoms with Crippen LogP contribution in [0, 0.1) is 17.2 Å². The number of benzene rings is 1. The van der Waals surface area contributed by atoms with E-state index in [0.29, 0.717) is 10.8 Å². The number of aliphatic hydroxyl groups is 1. The van der Waals surface area contributed by atoms with Crippen LogP contribution in [0.3, 0.4) is 0 Å². The van der Waals surface area contributed by atoms with Crippen LogP contribution in [0.1, 0.15) is 90.1 Å². The molecule has 6 heteroatoms. The number of hydrogen-bond acceptors (Lipinski definition) is 6. The van der Waals surface area contributed by atoms with Gasteiger partial charge in [0, 0.05) is 17.6 Å². The van der Waals surface area contributed by atoms with Gasteiger partial charge in [-0.05, 0) is 73.3 Å². The Morgan fingerprint density at radius 1 is 1.20 bits per heavy atom. The van der Waals surface area contributed by atoms with Crippen LogP contribution in [0.25, 0.3) is 5.57 Å². The molecule has 188 valence electrons. The first-order valence-corrected chi connectivity index (χ1v) is 13.6. The van der Waals surface area contributed by atoms with Gasteiger partial charge < -0.3 is 14.6 Å². The van der Waals surface area contributed by atoms with Crippen molar-refractivity contribution >= 4 is 22.9 Å². The fourth-order valence-corrected chi connectivity index (χ4v) is 5.83. The maximum Gasteiger partial charge on any atom is 0.348 e. The normalized spacial score (nSPS) is 16.3. The third-order valence-corrected chi connectivity index (χ3v) is 7.85. The number of nitrogens with zero attached hydrogens (tertiary/aromatic N) is 1. The summed E-state index contributed by atoms with van der Waals surface area (Å²) in [5.41, 5.74) is 4.48. The molecule has 0 spiro atoms. The number of ether oxygens (including phenoxy) is 2. The molecule has 0 saturated carbocycles. The van der Waals surface area contributed by atoms with Crippen LogP contribution in [0.2, 0.25) is 0 Å². The second kappa shape index (κ2) is 14.2. The zero-order valence-electron chi connectivity index (χ0n) is 20.9. The first-order chi connectivity index (χ1) is 17.1. The van der Waals surface area contributed by atoms with Crippen molar-refractivity contribution in [2.45, 2.75) is 70.8 Å². The van der Waals surface area contributed by atoms with Crippen LogP contribution < -0.4 is 0 Å². The molecule has 35 heavy (non-hydrogen) atoms. The van der Waals surface area contributed by atoms with Gasteiger partial charge in [-0.3, -0.25) is 0 Å². The van der Waals surface area contributed by atoms with E-state index in [0.717, 1.165) is 61.0 Å². The van der Waals surface area contributed by atoms with E-state index in [2.05, 4.69) is 37.3 Å². The van der Waals surface area contributed by atoms with Gasteiger partial charge in [-0.1, -0.05) is 50.5 Å². The summed E-state index contributed by atoms with van der Waals surface area (Å²) >= 11 is 1.46. The summed E-state index contributed by atoms with van der Waals surface area (Å²) in [4.78, 5) is 13.7. The number of nitriles is 1. The van der Waals surface area contributed by atoms with E-state index in [9.17, 15) is 10.1 Å². The minimum Gasteiger partial charge on any atom is -0.459 e. The lowest BCUT2D eigenvalue weighted by molar-refractivity contribution is 0.0439. The van der Waals surface area contributed by atoms with E-state index in [1.165, 1.54) is 35.3 Å². The number of carbonyl (C=O) groups is 1. The molecule has 0 bridgehead atoms. The van der Waals surface area contributed by atoms with Gasteiger partial charge in [-0.15, -0.1) is 11.3 Å². The standard InChI is InChI=1S/C29H37NO4S/c1-3-4-5-9-26(33-2)21-10-12-23(13-11-21)28-22(14-15-24(28)20-30)7-6-8-25-16-17-27(35-25)29(32)34-19-18-31/h10-13,16-17,22,26,31H,3-9,14-15,18-19H2,1-2H3/t22-,26?/m0/s1. The van der Waals surface area contributed by atoms with Crippen molar-refractivity contribution in [2.24, 2.45) is 5.92 Å². The third kappa shape index (κ3) is 7.51. The van der Waals surface area contributed by atoms with Gasteiger partial charge in [0.05, 0.1) is 18.8 Å². The summed E-state index contributed by atoms with van der Waals surface area (Å²) in [5, 5.41) is 18.6. The Morgan fingerprint density at radius 3 is 2.69 bits per heavy atom. The average molecular weight is 496 g/mol. The van der Waals surface area contributed by atoms with Crippen LogP contribution in [0.4, 0.5) is 0 Å².